The Hall–Kier alpha value is -4.12. The van der Waals surface area contributed by atoms with E-state index in [1.807, 2.05) is 0 Å². The van der Waals surface area contributed by atoms with Crippen molar-refractivity contribution in [2.45, 2.75) is 122 Å². The number of nitrogens with zero attached hydrogens (tertiary/aromatic N) is 3. The summed E-state index contributed by atoms with van der Waals surface area (Å²) < 4.78 is 52.7. The number of carbonyl (C=O) groups is 3. The number of ether oxygens (including phenoxy) is 4. The molecule has 1 aliphatic carbocycles. The van der Waals surface area contributed by atoms with Crippen LogP contribution in [0.5, 0.6) is 5.75 Å². The molecule has 302 valence electrons. The van der Waals surface area contributed by atoms with Gasteiger partial charge in [-0.05, 0) is 75.6 Å². The maximum Gasteiger partial charge on any atom is 0.459 e. The van der Waals surface area contributed by atoms with Crippen molar-refractivity contribution >= 4 is 37.0 Å². The molecule has 8 atom stereocenters. The first-order valence-corrected chi connectivity index (χ1v) is 20.2. The lowest BCUT2D eigenvalue weighted by molar-refractivity contribution is -0.174. The Morgan fingerprint density at radius 3 is 2.20 bits per heavy atom. The molecule has 1 unspecified atom stereocenters. The van der Waals surface area contributed by atoms with Gasteiger partial charge in [-0.15, -0.1) is 0 Å². The lowest BCUT2D eigenvalue weighted by Gasteiger charge is -2.33. The summed E-state index contributed by atoms with van der Waals surface area (Å²) in [6.07, 6.45) is 1.53. The molecule has 2 fully saturated rings. The van der Waals surface area contributed by atoms with Gasteiger partial charge < -0.3 is 40.7 Å². The molecule has 2 aliphatic rings. The first-order valence-electron chi connectivity index (χ1n) is 18.7. The third-order valence-corrected chi connectivity index (χ3v) is 11.5. The molecule has 0 amide bonds. The summed E-state index contributed by atoms with van der Waals surface area (Å²) in [4.78, 5) is 44.4. The first kappa shape index (κ1) is 42.0. The number of hydrogen-bond donors (Lipinski definition) is 4. The van der Waals surface area contributed by atoms with Gasteiger partial charge in [0.05, 0.1) is 12.3 Å². The van der Waals surface area contributed by atoms with Gasteiger partial charge in [0.1, 0.15) is 53.5 Å². The minimum atomic E-state index is -4.46. The average molecular weight is 788 g/mol. The third kappa shape index (κ3) is 10.0. The van der Waals surface area contributed by atoms with Gasteiger partial charge in [0.25, 0.3) is 0 Å². The Labute approximate surface area is 320 Å². The highest BCUT2D eigenvalue weighted by Gasteiger charge is 2.59. The van der Waals surface area contributed by atoms with Gasteiger partial charge in [-0.3, -0.25) is 18.9 Å². The van der Waals surface area contributed by atoms with Gasteiger partial charge >= 0.3 is 25.7 Å². The maximum absolute atomic E-state index is 14.7. The zero-order chi connectivity index (χ0) is 40.1. The van der Waals surface area contributed by atoms with Crippen LogP contribution in [0.15, 0.2) is 48.8 Å². The van der Waals surface area contributed by atoms with E-state index in [4.69, 9.17) is 45.2 Å². The first-order chi connectivity index (χ1) is 26.0. The normalized spacial score (nSPS) is 24.6. The minimum Gasteiger partial charge on any atom is -0.461 e. The molecule has 1 saturated heterocycles. The number of rotatable bonds is 16. The molecular formula is C37H54N7O10P. The second kappa shape index (κ2) is 17.8. The van der Waals surface area contributed by atoms with E-state index in [9.17, 15) is 18.9 Å². The van der Waals surface area contributed by atoms with Crippen LogP contribution in [0.2, 0.25) is 0 Å². The zero-order valence-corrected chi connectivity index (χ0v) is 33.1. The standard InChI is InChI=1S/C37H54N7O10P/c1-21(2)28(38)35(46)51-31-30(26-17-18-27-33(40)41-20-42-44(26)27)53-37(6,32(31)52-36(47)29(39)22(3)4)19-49-55(48,54-25-15-11-8-12-16-25)43-23(5)34(45)50-24-13-9-7-10-14-24/h8,11-12,15-18,20-24,28-32H,7,9-10,13-14,19,38-39H2,1-6H3,(H,43,48)(H2,40,41,42)/t23-,28-,29-,30-,31-,32-,37+,55?/m0/s1. The monoisotopic (exact) mass is 787 g/mol. The summed E-state index contributed by atoms with van der Waals surface area (Å²) in [5, 5.41) is 7.05. The summed E-state index contributed by atoms with van der Waals surface area (Å²) in [5.74, 6) is -2.49. The van der Waals surface area contributed by atoms with Crippen molar-refractivity contribution < 1.29 is 46.9 Å². The predicted molar refractivity (Wildman–Crippen MR) is 201 cm³/mol. The molecule has 0 bridgehead atoms. The molecule has 55 heavy (non-hydrogen) atoms. The number of nitrogens with one attached hydrogen (secondary N) is 1. The molecule has 7 N–H and O–H groups in total. The number of carbonyl (C=O) groups excluding carboxylic acids is 3. The quantitative estimate of drug-likeness (QED) is 0.0911. The third-order valence-electron chi connectivity index (χ3n) is 9.90. The molecule has 1 saturated carbocycles. The summed E-state index contributed by atoms with van der Waals surface area (Å²) in [6, 6.07) is 8.34. The lowest BCUT2D eigenvalue weighted by atomic mass is 9.95. The number of benzene rings is 1. The molecule has 3 aromatic rings. The Morgan fingerprint density at radius 1 is 0.927 bits per heavy atom. The smallest absolute Gasteiger partial charge is 0.459 e. The van der Waals surface area contributed by atoms with Crippen molar-refractivity contribution in [3.63, 3.8) is 0 Å². The summed E-state index contributed by atoms with van der Waals surface area (Å²) >= 11 is 0. The van der Waals surface area contributed by atoms with E-state index in [1.165, 1.54) is 17.8 Å². The van der Waals surface area contributed by atoms with Gasteiger partial charge in [-0.25, -0.2) is 14.1 Å². The van der Waals surface area contributed by atoms with Crippen LogP contribution >= 0.6 is 7.75 Å². The van der Waals surface area contributed by atoms with Crippen LogP contribution in [0.3, 0.4) is 0 Å². The highest BCUT2D eigenvalue weighted by molar-refractivity contribution is 7.52. The molecule has 18 heteroatoms. The van der Waals surface area contributed by atoms with Crippen molar-refractivity contribution in [3.05, 3.63) is 54.5 Å². The molecular weight excluding hydrogens is 733 g/mol. The minimum absolute atomic E-state index is 0.174. The van der Waals surface area contributed by atoms with Crippen molar-refractivity contribution in [3.8, 4) is 5.75 Å². The number of nitrogens with two attached hydrogens (primary N) is 3. The van der Waals surface area contributed by atoms with Gasteiger partial charge in [0.2, 0.25) is 0 Å². The highest BCUT2D eigenvalue weighted by atomic mass is 31.2. The van der Waals surface area contributed by atoms with Crippen LogP contribution in [0.4, 0.5) is 5.82 Å². The number of para-hydroxylation sites is 1. The number of nitrogen functional groups attached to an aromatic ring is 1. The summed E-state index contributed by atoms with van der Waals surface area (Å²) in [6.45, 7) is 9.48. The Balaban J connectivity index is 1.52. The topological polar surface area (TPSA) is 244 Å². The van der Waals surface area contributed by atoms with E-state index in [0.29, 0.717) is 11.2 Å². The fraction of sp³-hybridized carbons (Fsp3) is 0.595. The zero-order valence-electron chi connectivity index (χ0n) is 32.2. The number of fused-ring (bicyclic) bond motifs is 1. The van der Waals surface area contributed by atoms with E-state index in [-0.39, 0.29) is 29.5 Å². The van der Waals surface area contributed by atoms with Crippen LogP contribution in [0.25, 0.3) is 5.52 Å². The van der Waals surface area contributed by atoms with Crippen molar-refractivity contribution in [1.82, 2.24) is 19.7 Å². The highest BCUT2D eigenvalue weighted by Crippen LogP contribution is 2.50. The summed E-state index contributed by atoms with van der Waals surface area (Å²) in [7, 11) is -4.46. The molecule has 0 spiro atoms. The Kier molecular flexibility index (Phi) is 13.6. The van der Waals surface area contributed by atoms with E-state index in [1.54, 1.807) is 77.1 Å². The van der Waals surface area contributed by atoms with Crippen LogP contribution < -0.4 is 26.8 Å². The van der Waals surface area contributed by atoms with Crippen LogP contribution in [0, 0.1) is 11.8 Å². The van der Waals surface area contributed by atoms with E-state index >= 15 is 0 Å². The predicted octanol–water partition coefficient (Wildman–Crippen LogP) is 3.99. The fourth-order valence-electron chi connectivity index (χ4n) is 6.40. The second-order valence-electron chi connectivity index (χ2n) is 15.1. The molecule has 0 radical (unpaired) electrons. The largest absolute Gasteiger partial charge is 0.461 e. The lowest BCUT2D eigenvalue weighted by Crippen LogP contribution is -2.52. The van der Waals surface area contributed by atoms with Crippen LogP contribution in [0.1, 0.15) is 85.4 Å². The molecule has 17 nitrogen and oxygen atoms in total. The molecule has 2 aromatic heterocycles. The Morgan fingerprint density at radius 2 is 1.56 bits per heavy atom. The average Bonchev–Trinajstić information content (AvgIpc) is 3.70. The number of aromatic nitrogens is 3. The maximum atomic E-state index is 14.7. The van der Waals surface area contributed by atoms with Crippen molar-refractivity contribution in [1.29, 1.82) is 0 Å². The number of anilines is 1. The van der Waals surface area contributed by atoms with Crippen LogP contribution in [-0.2, 0) is 42.4 Å². The fourth-order valence-corrected chi connectivity index (χ4v) is 7.99. The Bertz CT molecular complexity index is 1840. The van der Waals surface area contributed by atoms with Gasteiger partial charge in [0, 0.05) is 0 Å². The SMILES string of the molecule is CC(C)[C@H](N)C(=O)O[C@H]1[C@H](c2ccc3c(N)ncnn23)O[C@](C)(COP(=O)(N[C@@H](C)C(=O)OC2CCCCC2)Oc2ccccc2)[C@H]1OC(=O)[C@@H](N)C(C)C. The number of esters is 3. The molecule has 1 aromatic carbocycles. The van der Waals surface area contributed by atoms with Gasteiger partial charge in [0.15, 0.2) is 18.0 Å². The second-order valence-corrected chi connectivity index (χ2v) is 16.8. The van der Waals surface area contributed by atoms with E-state index in [0.717, 1.165) is 32.1 Å². The van der Waals surface area contributed by atoms with Crippen molar-refractivity contribution in [2.75, 3.05) is 12.3 Å². The van der Waals surface area contributed by atoms with Crippen molar-refractivity contribution in [2.24, 2.45) is 23.3 Å². The number of hydrogen-bond acceptors (Lipinski definition) is 15. The van der Waals surface area contributed by atoms with Gasteiger partial charge in [-0.2, -0.15) is 10.2 Å². The molecule has 1 aliphatic heterocycles. The molecule has 5 rings (SSSR count). The van der Waals surface area contributed by atoms with Crippen LogP contribution in [-0.4, -0.2) is 81.2 Å². The van der Waals surface area contributed by atoms with E-state index in [2.05, 4.69) is 15.2 Å². The summed E-state index contributed by atoms with van der Waals surface area (Å²) in [5.41, 5.74) is 17.7. The van der Waals surface area contributed by atoms with E-state index < -0.39 is 74.3 Å². The van der Waals surface area contributed by atoms with Gasteiger partial charge in [-0.1, -0.05) is 52.3 Å². The molecule has 3 heterocycles.